The smallest absolute Gasteiger partial charge is 0.152 e. The topological polar surface area (TPSA) is 20.3 Å². The fourth-order valence-corrected chi connectivity index (χ4v) is 0.890. The van der Waals surface area contributed by atoms with E-state index in [-0.39, 0.29) is 5.56 Å². The largest absolute Gasteiger partial charge is 0.378 e. The standard InChI is InChI=1S/C9H10FNO/c1-11(2)8-4-3-7(6-12)9(10)5-8/h3-6H,1-2H3. The van der Waals surface area contributed by atoms with Gasteiger partial charge >= 0.3 is 0 Å². The summed E-state index contributed by atoms with van der Waals surface area (Å²) in [7, 11) is 3.63. The van der Waals surface area contributed by atoms with Crippen molar-refractivity contribution in [1.82, 2.24) is 0 Å². The second-order valence-corrected chi connectivity index (χ2v) is 2.72. The first-order chi connectivity index (χ1) is 5.65. The molecule has 0 heterocycles. The second-order valence-electron chi connectivity index (χ2n) is 2.72. The SMILES string of the molecule is CN(C)c1ccc(C=O)c(F)c1. The van der Waals surface area contributed by atoms with E-state index < -0.39 is 5.82 Å². The van der Waals surface area contributed by atoms with Crippen LogP contribution >= 0.6 is 0 Å². The number of hydrogen-bond donors (Lipinski definition) is 0. The van der Waals surface area contributed by atoms with Crippen molar-refractivity contribution in [3.63, 3.8) is 0 Å². The van der Waals surface area contributed by atoms with Crippen LogP contribution in [-0.4, -0.2) is 20.4 Å². The maximum absolute atomic E-state index is 13.0. The summed E-state index contributed by atoms with van der Waals surface area (Å²) in [5.74, 6) is -0.476. The van der Waals surface area contributed by atoms with Gasteiger partial charge < -0.3 is 4.90 Å². The molecule has 0 saturated carbocycles. The Morgan fingerprint density at radius 2 is 2.08 bits per heavy atom. The van der Waals surface area contributed by atoms with Gasteiger partial charge in [0.05, 0.1) is 5.56 Å². The van der Waals surface area contributed by atoms with E-state index in [1.54, 1.807) is 11.0 Å². The van der Waals surface area contributed by atoms with Crippen molar-refractivity contribution in [2.24, 2.45) is 0 Å². The van der Waals surface area contributed by atoms with Crippen LogP contribution in [0.2, 0.25) is 0 Å². The van der Waals surface area contributed by atoms with E-state index in [1.807, 2.05) is 14.1 Å². The molecule has 64 valence electrons. The molecule has 0 N–H and O–H groups in total. The fourth-order valence-electron chi connectivity index (χ4n) is 0.890. The number of carbonyl (C=O) groups excluding carboxylic acids is 1. The summed E-state index contributed by atoms with van der Waals surface area (Å²) in [5.41, 5.74) is 0.846. The van der Waals surface area contributed by atoms with Crippen LogP contribution < -0.4 is 4.90 Å². The van der Waals surface area contributed by atoms with Gasteiger partial charge in [0.25, 0.3) is 0 Å². The molecule has 0 aliphatic heterocycles. The molecule has 0 aromatic heterocycles. The molecule has 0 radical (unpaired) electrons. The lowest BCUT2D eigenvalue weighted by Gasteiger charge is -2.12. The minimum atomic E-state index is -0.476. The molecule has 0 amide bonds. The first-order valence-corrected chi connectivity index (χ1v) is 3.57. The van der Waals surface area contributed by atoms with E-state index in [2.05, 4.69) is 0 Å². The predicted octanol–water partition coefficient (Wildman–Crippen LogP) is 1.70. The number of aldehydes is 1. The monoisotopic (exact) mass is 167 g/mol. The Kier molecular flexibility index (Phi) is 2.43. The molecule has 0 unspecified atom stereocenters. The van der Waals surface area contributed by atoms with Gasteiger partial charge in [-0.05, 0) is 18.2 Å². The molecule has 1 rings (SSSR count). The van der Waals surface area contributed by atoms with Crippen molar-refractivity contribution in [2.75, 3.05) is 19.0 Å². The van der Waals surface area contributed by atoms with Crippen molar-refractivity contribution in [1.29, 1.82) is 0 Å². The van der Waals surface area contributed by atoms with E-state index >= 15 is 0 Å². The van der Waals surface area contributed by atoms with E-state index in [1.165, 1.54) is 12.1 Å². The maximum Gasteiger partial charge on any atom is 0.152 e. The molecule has 1 aromatic rings. The van der Waals surface area contributed by atoms with Crippen LogP contribution in [0.3, 0.4) is 0 Å². The van der Waals surface area contributed by atoms with Crippen LogP contribution in [0.25, 0.3) is 0 Å². The Morgan fingerprint density at radius 3 is 2.50 bits per heavy atom. The Bertz CT molecular complexity index is 297. The van der Waals surface area contributed by atoms with Crippen molar-refractivity contribution in [2.45, 2.75) is 0 Å². The molecule has 0 bridgehead atoms. The molecule has 0 fully saturated rings. The maximum atomic E-state index is 13.0. The Labute approximate surface area is 70.6 Å². The third kappa shape index (κ3) is 1.61. The van der Waals surface area contributed by atoms with Crippen LogP contribution in [0.4, 0.5) is 10.1 Å². The zero-order valence-corrected chi connectivity index (χ0v) is 7.04. The highest BCUT2D eigenvalue weighted by molar-refractivity contribution is 5.76. The molecule has 0 atom stereocenters. The molecular formula is C9H10FNO. The molecule has 2 nitrogen and oxygen atoms in total. The summed E-state index contributed by atoms with van der Waals surface area (Å²) in [5, 5.41) is 0. The highest BCUT2D eigenvalue weighted by atomic mass is 19.1. The van der Waals surface area contributed by atoms with Gasteiger partial charge in [-0.3, -0.25) is 4.79 Å². The summed E-state index contributed by atoms with van der Waals surface area (Å²) in [6.45, 7) is 0. The van der Waals surface area contributed by atoms with Crippen LogP contribution in [0.15, 0.2) is 18.2 Å². The zero-order valence-electron chi connectivity index (χ0n) is 7.04. The van der Waals surface area contributed by atoms with Gasteiger partial charge in [0.2, 0.25) is 0 Å². The van der Waals surface area contributed by atoms with Crippen molar-refractivity contribution >= 4 is 12.0 Å². The summed E-state index contributed by atoms with van der Waals surface area (Å²) in [4.78, 5) is 12.0. The molecule has 12 heavy (non-hydrogen) atoms. The number of benzene rings is 1. The average molecular weight is 167 g/mol. The number of anilines is 1. The highest BCUT2D eigenvalue weighted by Gasteiger charge is 2.02. The predicted molar refractivity (Wildman–Crippen MR) is 46.1 cm³/mol. The van der Waals surface area contributed by atoms with Crippen LogP contribution in [-0.2, 0) is 0 Å². The van der Waals surface area contributed by atoms with E-state index in [9.17, 15) is 9.18 Å². The Hall–Kier alpha value is -1.38. The van der Waals surface area contributed by atoms with Crippen LogP contribution in [0, 0.1) is 5.82 Å². The quantitative estimate of drug-likeness (QED) is 0.625. The summed E-state index contributed by atoms with van der Waals surface area (Å²) >= 11 is 0. The molecule has 0 aliphatic rings. The molecule has 0 saturated heterocycles. The molecule has 1 aromatic carbocycles. The first-order valence-electron chi connectivity index (χ1n) is 3.57. The number of rotatable bonds is 2. The van der Waals surface area contributed by atoms with Crippen LogP contribution in [0.5, 0.6) is 0 Å². The first kappa shape index (κ1) is 8.71. The lowest BCUT2D eigenvalue weighted by atomic mass is 10.2. The van der Waals surface area contributed by atoms with Gasteiger partial charge in [0, 0.05) is 19.8 Å². The summed E-state index contributed by atoms with van der Waals surface area (Å²) in [6.07, 6.45) is 0.509. The lowest BCUT2D eigenvalue weighted by molar-refractivity contribution is 0.112. The lowest BCUT2D eigenvalue weighted by Crippen LogP contribution is -2.09. The third-order valence-corrected chi connectivity index (χ3v) is 1.63. The molecule has 0 spiro atoms. The second kappa shape index (κ2) is 3.34. The Balaban J connectivity index is 3.10. The fraction of sp³-hybridized carbons (Fsp3) is 0.222. The number of carbonyl (C=O) groups is 1. The van der Waals surface area contributed by atoms with Gasteiger partial charge in [-0.15, -0.1) is 0 Å². The summed E-state index contributed by atoms with van der Waals surface area (Å²) in [6, 6.07) is 4.51. The van der Waals surface area contributed by atoms with E-state index in [4.69, 9.17) is 0 Å². The normalized spacial score (nSPS) is 9.58. The van der Waals surface area contributed by atoms with Gasteiger partial charge in [-0.1, -0.05) is 0 Å². The number of nitrogens with zero attached hydrogens (tertiary/aromatic N) is 1. The minimum Gasteiger partial charge on any atom is -0.378 e. The molecule has 0 aliphatic carbocycles. The molecular weight excluding hydrogens is 157 g/mol. The van der Waals surface area contributed by atoms with Gasteiger partial charge in [0.15, 0.2) is 6.29 Å². The number of hydrogen-bond acceptors (Lipinski definition) is 2. The van der Waals surface area contributed by atoms with Gasteiger partial charge in [-0.2, -0.15) is 0 Å². The van der Waals surface area contributed by atoms with Gasteiger partial charge in [0.1, 0.15) is 5.82 Å². The summed E-state index contributed by atoms with van der Waals surface area (Å²) < 4.78 is 13.0. The van der Waals surface area contributed by atoms with Gasteiger partial charge in [-0.25, -0.2) is 4.39 Å². The third-order valence-electron chi connectivity index (χ3n) is 1.63. The van der Waals surface area contributed by atoms with E-state index in [0.29, 0.717) is 6.29 Å². The van der Waals surface area contributed by atoms with Crippen molar-refractivity contribution in [3.05, 3.63) is 29.6 Å². The van der Waals surface area contributed by atoms with Crippen molar-refractivity contribution < 1.29 is 9.18 Å². The average Bonchev–Trinajstić information content (AvgIpc) is 2.04. The van der Waals surface area contributed by atoms with E-state index in [0.717, 1.165) is 5.69 Å². The van der Waals surface area contributed by atoms with Crippen molar-refractivity contribution in [3.8, 4) is 0 Å². The van der Waals surface area contributed by atoms with Crippen LogP contribution in [0.1, 0.15) is 10.4 Å². The molecule has 3 heteroatoms. The Morgan fingerprint density at radius 1 is 1.42 bits per heavy atom. The number of halogens is 1. The zero-order chi connectivity index (χ0) is 9.14. The highest BCUT2D eigenvalue weighted by Crippen LogP contribution is 2.14. The minimum absolute atomic E-state index is 0.0978.